The van der Waals surface area contributed by atoms with Crippen LogP contribution in [0, 0.1) is 0 Å². The van der Waals surface area contributed by atoms with Crippen LogP contribution in [0.25, 0.3) is 11.1 Å². The number of carbonyl (C=O) groups excluding carboxylic acids is 1. The minimum Gasteiger partial charge on any atom is -0.392 e. The summed E-state index contributed by atoms with van der Waals surface area (Å²) in [7, 11) is 2.02. The average molecular weight is 657 g/mol. The molecule has 1 amide bonds. The number of aliphatic hydroxyl groups excluding tert-OH is 2. The molecule has 7 heteroatoms. The van der Waals surface area contributed by atoms with Gasteiger partial charge in [-0.15, -0.1) is 0 Å². The number of amides is 1. The second kappa shape index (κ2) is 16.2. The third-order valence-electron chi connectivity index (χ3n) is 9.31. The van der Waals surface area contributed by atoms with Crippen LogP contribution in [0.2, 0.25) is 0 Å². The zero-order chi connectivity index (χ0) is 34.2. The first-order valence-electron chi connectivity index (χ1n) is 16.8. The number of rotatable bonds is 12. The molecule has 3 N–H and O–H groups in total. The van der Waals surface area contributed by atoms with Crippen LogP contribution < -0.4 is 5.32 Å². The standard InChI is InChI=1S/C42H44N2O5/c1-29(40(46)33-12-5-3-6-13-33)44(2)27-38-25-39(32-21-19-30(28-45)20-22-32)49-42(48-38)37-18-10-17-36(24-37)35-16-9-11-31(23-35)26-43-41(47)34-14-7-4-8-15-34/h3-24,29,38-40,42,45-46H,25-28H2,1-2H3,(H,43,47)/t29-,38-,39+,40-,42+/m0/s1. The number of nitrogens with zero attached hydrogens (tertiary/aromatic N) is 1. The molecule has 6 rings (SSSR count). The topological polar surface area (TPSA) is 91.3 Å². The van der Waals surface area contributed by atoms with Crippen LogP contribution in [-0.4, -0.2) is 46.8 Å². The van der Waals surface area contributed by atoms with Crippen molar-refractivity contribution >= 4 is 5.91 Å². The molecule has 5 aromatic carbocycles. The first kappa shape index (κ1) is 34.2. The van der Waals surface area contributed by atoms with Crippen molar-refractivity contribution in [2.75, 3.05) is 13.6 Å². The van der Waals surface area contributed by atoms with Gasteiger partial charge in [-0.1, -0.05) is 109 Å². The molecule has 0 aromatic heterocycles. The Balaban J connectivity index is 1.20. The molecule has 0 saturated carbocycles. The molecule has 5 aromatic rings. The monoisotopic (exact) mass is 656 g/mol. The summed E-state index contributed by atoms with van der Waals surface area (Å²) >= 11 is 0. The van der Waals surface area contributed by atoms with Crippen molar-refractivity contribution in [1.29, 1.82) is 0 Å². The van der Waals surface area contributed by atoms with Gasteiger partial charge in [-0.05, 0) is 71.6 Å². The Labute approximate surface area is 288 Å². The predicted octanol–water partition coefficient (Wildman–Crippen LogP) is 7.38. The lowest BCUT2D eigenvalue weighted by Crippen LogP contribution is -2.43. The zero-order valence-electron chi connectivity index (χ0n) is 28.0. The lowest BCUT2D eigenvalue weighted by Gasteiger charge is -2.39. The van der Waals surface area contributed by atoms with Gasteiger partial charge < -0.3 is 25.0 Å². The molecule has 0 spiro atoms. The summed E-state index contributed by atoms with van der Waals surface area (Å²) in [5, 5.41) is 23.7. The quantitative estimate of drug-likeness (QED) is 0.130. The minimum atomic E-state index is -0.636. The van der Waals surface area contributed by atoms with Gasteiger partial charge in [0.15, 0.2) is 6.29 Å². The molecule has 0 bridgehead atoms. The van der Waals surface area contributed by atoms with Crippen LogP contribution in [-0.2, 0) is 22.6 Å². The van der Waals surface area contributed by atoms with E-state index in [1.807, 2.05) is 111 Å². The Bertz CT molecular complexity index is 1800. The van der Waals surface area contributed by atoms with Gasteiger partial charge in [0.2, 0.25) is 0 Å². The van der Waals surface area contributed by atoms with E-state index in [0.29, 0.717) is 25.1 Å². The third-order valence-corrected chi connectivity index (χ3v) is 9.31. The van der Waals surface area contributed by atoms with E-state index < -0.39 is 12.4 Å². The van der Waals surface area contributed by atoms with E-state index in [1.54, 1.807) is 12.1 Å². The Kier molecular flexibility index (Phi) is 11.3. The lowest BCUT2D eigenvalue weighted by atomic mass is 9.97. The van der Waals surface area contributed by atoms with Crippen LogP contribution in [0.4, 0.5) is 0 Å². The SMILES string of the molecule is C[C@@H]([C@H](O)c1ccccc1)N(C)C[C@@H]1C[C@H](c2ccc(CO)cc2)O[C@H](c2cccc(-c3cccc(CNC(=O)c4ccccc4)c3)c2)O1. The number of carbonyl (C=O) groups is 1. The van der Waals surface area contributed by atoms with Gasteiger partial charge in [-0.3, -0.25) is 9.69 Å². The van der Waals surface area contributed by atoms with E-state index in [4.69, 9.17) is 9.47 Å². The normalized spacial score (nSPS) is 18.9. The van der Waals surface area contributed by atoms with Gasteiger partial charge in [0.1, 0.15) is 0 Å². The number of hydrogen-bond acceptors (Lipinski definition) is 6. The third kappa shape index (κ3) is 8.70. The largest absolute Gasteiger partial charge is 0.392 e. The summed E-state index contributed by atoms with van der Waals surface area (Å²) in [6, 6.07) is 43.1. The molecule has 0 aliphatic carbocycles. The van der Waals surface area contributed by atoms with Crippen LogP contribution >= 0.6 is 0 Å². The fraction of sp³-hybridized carbons (Fsp3) is 0.262. The fourth-order valence-electron chi connectivity index (χ4n) is 6.29. The lowest BCUT2D eigenvalue weighted by molar-refractivity contribution is -0.253. The molecule has 252 valence electrons. The maximum atomic E-state index is 12.6. The van der Waals surface area contributed by atoms with Crippen molar-refractivity contribution in [2.45, 2.75) is 57.1 Å². The molecule has 1 saturated heterocycles. The summed E-state index contributed by atoms with van der Waals surface area (Å²) in [5.74, 6) is -0.107. The summed E-state index contributed by atoms with van der Waals surface area (Å²) in [4.78, 5) is 14.8. The first-order chi connectivity index (χ1) is 23.9. The maximum Gasteiger partial charge on any atom is 0.251 e. The molecule has 1 aliphatic rings. The Hall–Kier alpha value is -4.63. The highest BCUT2D eigenvalue weighted by Crippen LogP contribution is 2.39. The van der Waals surface area contributed by atoms with Gasteiger partial charge in [-0.25, -0.2) is 0 Å². The summed E-state index contributed by atoms with van der Waals surface area (Å²) < 4.78 is 13.3. The van der Waals surface area contributed by atoms with E-state index in [-0.39, 0.29) is 30.8 Å². The zero-order valence-corrected chi connectivity index (χ0v) is 28.0. The van der Waals surface area contributed by atoms with Gasteiger partial charge >= 0.3 is 0 Å². The van der Waals surface area contributed by atoms with Crippen LogP contribution in [0.15, 0.2) is 133 Å². The minimum absolute atomic E-state index is 0.0139. The number of likely N-dealkylation sites (N-methyl/N-ethyl adjacent to an activating group) is 1. The van der Waals surface area contributed by atoms with E-state index in [1.165, 1.54) is 0 Å². The highest BCUT2D eigenvalue weighted by Gasteiger charge is 2.34. The van der Waals surface area contributed by atoms with E-state index in [2.05, 4.69) is 34.5 Å². The number of aliphatic hydroxyl groups is 2. The first-order valence-corrected chi connectivity index (χ1v) is 16.8. The highest BCUT2D eigenvalue weighted by molar-refractivity contribution is 5.94. The smallest absolute Gasteiger partial charge is 0.251 e. The van der Waals surface area contributed by atoms with Crippen molar-refractivity contribution in [2.24, 2.45) is 0 Å². The summed E-state index contributed by atoms with van der Waals surface area (Å²) in [5.41, 5.74) is 7.34. The maximum absolute atomic E-state index is 12.6. The average Bonchev–Trinajstić information content (AvgIpc) is 3.17. The van der Waals surface area contributed by atoms with Crippen LogP contribution in [0.1, 0.15) is 70.0 Å². The van der Waals surface area contributed by atoms with Crippen molar-refractivity contribution in [3.63, 3.8) is 0 Å². The second-order valence-corrected chi connectivity index (χ2v) is 12.8. The fourth-order valence-corrected chi connectivity index (χ4v) is 6.29. The number of hydrogen-bond donors (Lipinski definition) is 3. The molecule has 0 unspecified atom stereocenters. The van der Waals surface area contributed by atoms with E-state index >= 15 is 0 Å². The molecule has 1 aliphatic heterocycles. The second-order valence-electron chi connectivity index (χ2n) is 12.8. The van der Waals surface area contributed by atoms with Gasteiger partial charge in [-0.2, -0.15) is 0 Å². The summed E-state index contributed by atoms with van der Waals surface area (Å²) in [6.45, 7) is 3.04. The molecular formula is C42H44N2O5. The van der Waals surface area contributed by atoms with Crippen molar-refractivity contribution < 1.29 is 24.5 Å². The molecular weight excluding hydrogens is 612 g/mol. The number of ether oxygens (including phenoxy) is 2. The van der Waals surface area contributed by atoms with Gasteiger partial charge in [0.05, 0.1) is 24.9 Å². The van der Waals surface area contributed by atoms with Crippen LogP contribution in [0.5, 0.6) is 0 Å². The summed E-state index contributed by atoms with van der Waals surface area (Å²) in [6.07, 6.45) is -0.999. The Morgan fingerprint density at radius 3 is 2.18 bits per heavy atom. The predicted molar refractivity (Wildman–Crippen MR) is 191 cm³/mol. The van der Waals surface area contributed by atoms with Gasteiger partial charge in [0.25, 0.3) is 5.91 Å². The molecule has 49 heavy (non-hydrogen) atoms. The van der Waals surface area contributed by atoms with Crippen LogP contribution in [0.3, 0.4) is 0 Å². The highest BCUT2D eigenvalue weighted by atomic mass is 16.7. The molecule has 1 fully saturated rings. The molecule has 7 nitrogen and oxygen atoms in total. The molecule has 1 heterocycles. The Morgan fingerprint density at radius 1 is 0.796 bits per heavy atom. The van der Waals surface area contributed by atoms with Crippen molar-refractivity contribution in [3.8, 4) is 11.1 Å². The number of benzene rings is 5. The van der Waals surface area contributed by atoms with E-state index in [0.717, 1.165) is 38.9 Å². The molecule has 5 atom stereocenters. The van der Waals surface area contributed by atoms with E-state index in [9.17, 15) is 15.0 Å². The number of nitrogens with one attached hydrogen (secondary N) is 1. The van der Waals surface area contributed by atoms with Crippen molar-refractivity contribution in [1.82, 2.24) is 10.2 Å². The molecule has 0 radical (unpaired) electrons. The van der Waals surface area contributed by atoms with Crippen molar-refractivity contribution in [3.05, 3.63) is 167 Å². The van der Waals surface area contributed by atoms with Gasteiger partial charge in [0, 0.05) is 36.7 Å². The Morgan fingerprint density at radius 2 is 1.47 bits per heavy atom.